The number of nitrogens with zero attached hydrogens (tertiary/aromatic N) is 1. The minimum Gasteiger partial charge on any atom is -0.483 e. The zero-order valence-electron chi connectivity index (χ0n) is 12.3. The van der Waals surface area contributed by atoms with Gasteiger partial charge in [-0.05, 0) is 42.5 Å². The number of amides is 2. The van der Waals surface area contributed by atoms with Gasteiger partial charge in [0.15, 0.2) is 6.61 Å². The van der Waals surface area contributed by atoms with Gasteiger partial charge in [-0.2, -0.15) is 5.10 Å². The van der Waals surface area contributed by atoms with E-state index in [1.165, 1.54) is 6.21 Å². The molecule has 0 atom stereocenters. The number of rotatable bonds is 6. The Labute approximate surface area is 151 Å². The summed E-state index contributed by atoms with van der Waals surface area (Å²) in [5.41, 5.74) is 8.46. The van der Waals surface area contributed by atoms with Crippen LogP contribution in [0.4, 0.5) is 0 Å². The number of halogens is 2. The van der Waals surface area contributed by atoms with Crippen LogP contribution < -0.4 is 15.9 Å². The van der Waals surface area contributed by atoms with Crippen molar-refractivity contribution in [3.05, 3.63) is 63.1 Å². The molecule has 2 aromatic rings. The highest BCUT2D eigenvalue weighted by molar-refractivity contribution is 9.10. The maximum atomic E-state index is 11.9. The van der Waals surface area contributed by atoms with Crippen LogP contribution in [0.25, 0.3) is 0 Å². The van der Waals surface area contributed by atoms with Crippen molar-refractivity contribution in [2.24, 2.45) is 10.8 Å². The molecule has 0 unspecified atom stereocenters. The van der Waals surface area contributed by atoms with Gasteiger partial charge in [-0.1, -0.05) is 27.5 Å². The molecule has 0 aliphatic heterocycles. The molecular weight excluding hydrogens is 398 g/mol. The van der Waals surface area contributed by atoms with Crippen LogP contribution in [0.1, 0.15) is 15.9 Å². The Balaban J connectivity index is 2.07. The first-order valence-electron chi connectivity index (χ1n) is 6.75. The maximum absolute atomic E-state index is 11.9. The van der Waals surface area contributed by atoms with Crippen molar-refractivity contribution in [2.45, 2.75) is 0 Å². The summed E-state index contributed by atoms with van der Waals surface area (Å²) in [6, 6.07) is 11.6. The van der Waals surface area contributed by atoms with E-state index in [9.17, 15) is 9.59 Å². The number of benzene rings is 2. The summed E-state index contributed by atoms with van der Waals surface area (Å²) >= 11 is 9.10. The monoisotopic (exact) mass is 409 g/mol. The molecule has 0 aromatic heterocycles. The van der Waals surface area contributed by atoms with Crippen LogP contribution in [0, 0.1) is 0 Å². The third-order valence-electron chi connectivity index (χ3n) is 2.82. The van der Waals surface area contributed by atoms with Crippen molar-refractivity contribution in [1.29, 1.82) is 0 Å². The number of carbonyl (C=O) groups is 2. The number of hydrogen-bond acceptors (Lipinski definition) is 4. The van der Waals surface area contributed by atoms with E-state index in [2.05, 4.69) is 26.5 Å². The molecule has 2 amide bonds. The first-order valence-corrected chi connectivity index (χ1v) is 7.92. The van der Waals surface area contributed by atoms with Crippen LogP contribution in [0.3, 0.4) is 0 Å². The maximum Gasteiger partial charge on any atom is 0.271 e. The van der Waals surface area contributed by atoms with Crippen LogP contribution in [0.15, 0.2) is 52.0 Å². The SMILES string of the molecule is NC(=O)COc1ccc(Br)cc1/C=N/NC(=O)c1ccc(Cl)cc1. The topological polar surface area (TPSA) is 93.8 Å². The lowest BCUT2D eigenvalue weighted by Gasteiger charge is -2.07. The molecule has 124 valence electrons. The van der Waals surface area contributed by atoms with Crippen molar-refractivity contribution in [3.63, 3.8) is 0 Å². The van der Waals surface area contributed by atoms with Crippen LogP contribution >= 0.6 is 27.5 Å². The third-order valence-corrected chi connectivity index (χ3v) is 3.56. The molecule has 0 spiro atoms. The molecule has 0 fully saturated rings. The molecule has 0 saturated heterocycles. The Morgan fingerprint density at radius 2 is 1.96 bits per heavy atom. The van der Waals surface area contributed by atoms with E-state index >= 15 is 0 Å². The zero-order valence-corrected chi connectivity index (χ0v) is 14.7. The van der Waals surface area contributed by atoms with E-state index in [0.717, 1.165) is 4.47 Å². The second kappa shape index (κ2) is 8.47. The van der Waals surface area contributed by atoms with Crippen molar-refractivity contribution in [2.75, 3.05) is 6.61 Å². The predicted octanol–water partition coefficient (Wildman–Crippen LogP) is 2.73. The highest BCUT2D eigenvalue weighted by Crippen LogP contribution is 2.21. The molecule has 0 aliphatic rings. The molecule has 2 rings (SSSR count). The van der Waals surface area contributed by atoms with E-state index in [-0.39, 0.29) is 12.5 Å². The van der Waals surface area contributed by atoms with E-state index in [0.29, 0.717) is 21.9 Å². The Bertz CT molecular complexity index is 779. The van der Waals surface area contributed by atoms with Crippen LogP contribution in [-0.2, 0) is 4.79 Å². The minimum absolute atomic E-state index is 0.250. The Kier molecular flexibility index (Phi) is 6.34. The fourth-order valence-corrected chi connectivity index (χ4v) is 2.23. The Hall–Kier alpha value is -2.38. The lowest BCUT2D eigenvalue weighted by Crippen LogP contribution is -2.20. The number of hydrogen-bond donors (Lipinski definition) is 2. The fraction of sp³-hybridized carbons (Fsp3) is 0.0625. The number of nitrogens with one attached hydrogen (secondary N) is 1. The standard InChI is InChI=1S/C16H13BrClN3O3/c17-12-3-6-14(24-9-15(19)22)11(7-12)8-20-21-16(23)10-1-4-13(18)5-2-10/h1-8H,9H2,(H2,19,22)(H,21,23)/b20-8+. The predicted molar refractivity (Wildman–Crippen MR) is 95.3 cm³/mol. The molecule has 0 aliphatic carbocycles. The second-order valence-corrected chi connectivity index (χ2v) is 6.00. The smallest absolute Gasteiger partial charge is 0.271 e. The summed E-state index contributed by atoms with van der Waals surface area (Å²) < 4.78 is 6.09. The lowest BCUT2D eigenvalue weighted by molar-refractivity contribution is -0.119. The van der Waals surface area contributed by atoms with Gasteiger partial charge >= 0.3 is 0 Å². The number of carbonyl (C=O) groups excluding carboxylic acids is 2. The van der Waals surface area contributed by atoms with Gasteiger partial charge in [0.25, 0.3) is 11.8 Å². The summed E-state index contributed by atoms with van der Waals surface area (Å²) in [5, 5.41) is 4.44. The third kappa shape index (κ3) is 5.36. The first-order chi connectivity index (χ1) is 11.5. The first kappa shape index (κ1) is 18.0. The van der Waals surface area contributed by atoms with Crippen LogP contribution in [-0.4, -0.2) is 24.6 Å². The van der Waals surface area contributed by atoms with Gasteiger partial charge in [0, 0.05) is 20.6 Å². The molecule has 0 heterocycles. The summed E-state index contributed by atoms with van der Waals surface area (Å²) in [6.07, 6.45) is 1.41. The summed E-state index contributed by atoms with van der Waals surface area (Å²) in [6.45, 7) is -0.250. The average Bonchev–Trinajstić information content (AvgIpc) is 2.54. The molecule has 3 N–H and O–H groups in total. The lowest BCUT2D eigenvalue weighted by atomic mass is 10.2. The molecule has 2 aromatic carbocycles. The number of hydrazone groups is 1. The van der Waals surface area contributed by atoms with Crippen molar-refractivity contribution in [3.8, 4) is 5.75 Å². The quantitative estimate of drug-likeness (QED) is 0.566. The number of nitrogens with two attached hydrogens (primary N) is 1. The van der Waals surface area contributed by atoms with Gasteiger partial charge in [0.2, 0.25) is 0 Å². The molecule has 0 bridgehead atoms. The minimum atomic E-state index is -0.586. The highest BCUT2D eigenvalue weighted by Gasteiger charge is 2.06. The number of ether oxygens (including phenoxy) is 1. The Morgan fingerprint density at radius 3 is 2.62 bits per heavy atom. The van der Waals surface area contributed by atoms with Crippen LogP contribution in [0.5, 0.6) is 5.75 Å². The van der Waals surface area contributed by atoms with Gasteiger partial charge in [0.05, 0.1) is 6.21 Å². The average molecular weight is 411 g/mol. The number of primary amides is 1. The zero-order chi connectivity index (χ0) is 17.5. The van der Waals surface area contributed by atoms with E-state index < -0.39 is 5.91 Å². The molecular formula is C16H13BrClN3O3. The normalized spacial score (nSPS) is 10.6. The molecule has 0 saturated carbocycles. The summed E-state index contributed by atoms with van der Waals surface area (Å²) in [7, 11) is 0. The largest absolute Gasteiger partial charge is 0.483 e. The van der Waals surface area contributed by atoms with Crippen LogP contribution in [0.2, 0.25) is 5.02 Å². The van der Waals surface area contributed by atoms with E-state index in [1.54, 1.807) is 42.5 Å². The molecule has 24 heavy (non-hydrogen) atoms. The summed E-state index contributed by atoms with van der Waals surface area (Å²) in [4.78, 5) is 22.8. The highest BCUT2D eigenvalue weighted by atomic mass is 79.9. The van der Waals surface area contributed by atoms with Crippen molar-refractivity contribution in [1.82, 2.24) is 5.43 Å². The van der Waals surface area contributed by atoms with Gasteiger partial charge in [-0.3, -0.25) is 9.59 Å². The molecule has 8 heteroatoms. The van der Waals surface area contributed by atoms with Gasteiger partial charge in [-0.15, -0.1) is 0 Å². The van der Waals surface area contributed by atoms with Gasteiger partial charge < -0.3 is 10.5 Å². The fourth-order valence-electron chi connectivity index (χ4n) is 1.73. The summed E-state index contributed by atoms with van der Waals surface area (Å²) in [5.74, 6) is -0.546. The van der Waals surface area contributed by atoms with E-state index in [4.69, 9.17) is 22.1 Å². The Morgan fingerprint density at radius 1 is 1.25 bits per heavy atom. The van der Waals surface area contributed by atoms with Crippen molar-refractivity contribution < 1.29 is 14.3 Å². The van der Waals surface area contributed by atoms with E-state index in [1.807, 2.05) is 0 Å². The molecule has 6 nitrogen and oxygen atoms in total. The second-order valence-electron chi connectivity index (χ2n) is 4.64. The van der Waals surface area contributed by atoms with Crippen molar-refractivity contribution >= 4 is 45.6 Å². The van der Waals surface area contributed by atoms with Gasteiger partial charge in [0.1, 0.15) is 5.75 Å². The van der Waals surface area contributed by atoms with Gasteiger partial charge in [-0.25, -0.2) is 5.43 Å². The molecule has 0 radical (unpaired) electrons.